The van der Waals surface area contributed by atoms with Gasteiger partial charge in [-0.15, -0.1) is 0 Å². The first-order valence-electron chi connectivity index (χ1n) is 8.04. The fourth-order valence-corrected chi connectivity index (χ4v) is 3.45. The molecular formula is C19H17F2N3. The Morgan fingerprint density at radius 1 is 1.08 bits per heavy atom. The van der Waals surface area contributed by atoms with E-state index in [-0.39, 0.29) is 11.9 Å². The average Bonchev–Trinajstić information content (AvgIpc) is 3.26. The van der Waals surface area contributed by atoms with Crippen LogP contribution in [0.5, 0.6) is 0 Å². The quantitative estimate of drug-likeness (QED) is 0.757. The summed E-state index contributed by atoms with van der Waals surface area (Å²) >= 11 is 0. The maximum atomic E-state index is 14.2. The number of halogens is 2. The molecule has 0 amide bonds. The Morgan fingerprint density at radius 2 is 1.92 bits per heavy atom. The van der Waals surface area contributed by atoms with Crippen molar-refractivity contribution in [3.8, 4) is 11.1 Å². The van der Waals surface area contributed by atoms with Crippen molar-refractivity contribution in [3.63, 3.8) is 0 Å². The minimum absolute atomic E-state index is 0.191. The molecule has 1 atom stereocenters. The third kappa shape index (κ3) is 2.56. The van der Waals surface area contributed by atoms with Crippen LogP contribution >= 0.6 is 0 Å². The molecule has 2 aromatic carbocycles. The van der Waals surface area contributed by atoms with Gasteiger partial charge in [-0.05, 0) is 36.6 Å². The SMILES string of the molecule is Fc1ccc(F)c([C@H]2CCCN2c2[nH]ncc2-c2ccccc2)c1. The van der Waals surface area contributed by atoms with Crippen molar-refractivity contribution >= 4 is 5.82 Å². The van der Waals surface area contributed by atoms with Crippen LogP contribution in [0.15, 0.2) is 54.7 Å². The lowest BCUT2D eigenvalue weighted by molar-refractivity contribution is 0.560. The molecule has 1 N–H and O–H groups in total. The first kappa shape index (κ1) is 14.9. The number of rotatable bonds is 3. The van der Waals surface area contributed by atoms with Crippen LogP contribution in [0.3, 0.4) is 0 Å². The van der Waals surface area contributed by atoms with E-state index in [1.54, 1.807) is 6.20 Å². The largest absolute Gasteiger partial charge is 0.349 e. The van der Waals surface area contributed by atoms with E-state index in [0.717, 1.165) is 42.4 Å². The molecule has 0 saturated carbocycles. The standard InChI is InChI=1S/C19H17F2N3/c20-14-8-9-17(21)15(11-14)18-7-4-10-24(18)19-16(12-22-23-19)13-5-2-1-3-6-13/h1-3,5-6,8-9,11-12,18H,4,7,10H2,(H,22,23)/t18-/m1/s1. The molecule has 1 fully saturated rings. The molecule has 0 unspecified atom stereocenters. The summed E-state index contributed by atoms with van der Waals surface area (Å²) < 4.78 is 27.8. The minimum Gasteiger partial charge on any atom is -0.349 e. The molecule has 2 heterocycles. The van der Waals surface area contributed by atoms with E-state index in [1.807, 2.05) is 30.3 Å². The second-order valence-electron chi connectivity index (χ2n) is 6.02. The molecule has 122 valence electrons. The Balaban J connectivity index is 1.75. The van der Waals surface area contributed by atoms with Crippen molar-refractivity contribution in [2.24, 2.45) is 0 Å². The zero-order valence-electron chi connectivity index (χ0n) is 13.0. The molecular weight excluding hydrogens is 308 g/mol. The third-order valence-corrected chi connectivity index (χ3v) is 4.56. The monoisotopic (exact) mass is 325 g/mol. The summed E-state index contributed by atoms with van der Waals surface area (Å²) in [7, 11) is 0. The van der Waals surface area contributed by atoms with Crippen molar-refractivity contribution in [1.82, 2.24) is 10.2 Å². The lowest BCUT2D eigenvalue weighted by Gasteiger charge is -2.27. The number of benzene rings is 2. The molecule has 0 spiro atoms. The van der Waals surface area contributed by atoms with Gasteiger partial charge in [0.1, 0.15) is 17.5 Å². The smallest absolute Gasteiger partial charge is 0.132 e. The molecule has 0 radical (unpaired) electrons. The Hall–Kier alpha value is -2.69. The van der Waals surface area contributed by atoms with Gasteiger partial charge < -0.3 is 4.90 Å². The molecule has 5 heteroatoms. The molecule has 4 rings (SSSR count). The van der Waals surface area contributed by atoms with Crippen LogP contribution in [0, 0.1) is 11.6 Å². The summed E-state index contributed by atoms with van der Waals surface area (Å²) in [5, 5.41) is 7.22. The van der Waals surface area contributed by atoms with E-state index in [0.29, 0.717) is 5.56 Å². The molecule has 1 aliphatic rings. The van der Waals surface area contributed by atoms with E-state index in [4.69, 9.17) is 0 Å². The first-order valence-corrected chi connectivity index (χ1v) is 8.04. The zero-order chi connectivity index (χ0) is 16.5. The van der Waals surface area contributed by atoms with Crippen LogP contribution in [0.2, 0.25) is 0 Å². The highest BCUT2D eigenvalue weighted by molar-refractivity contribution is 5.75. The number of nitrogens with one attached hydrogen (secondary N) is 1. The van der Waals surface area contributed by atoms with Gasteiger partial charge in [0.05, 0.1) is 12.2 Å². The number of aromatic amines is 1. The van der Waals surface area contributed by atoms with Crippen molar-refractivity contribution in [2.45, 2.75) is 18.9 Å². The Labute approximate surface area is 138 Å². The van der Waals surface area contributed by atoms with Gasteiger partial charge in [-0.1, -0.05) is 30.3 Å². The maximum absolute atomic E-state index is 14.2. The average molecular weight is 325 g/mol. The number of hydrogen-bond donors (Lipinski definition) is 1. The van der Waals surface area contributed by atoms with Crippen LogP contribution in [0.25, 0.3) is 11.1 Å². The van der Waals surface area contributed by atoms with E-state index in [9.17, 15) is 8.78 Å². The van der Waals surface area contributed by atoms with Crippen LogP contribution in [-0.4, -0.2) is 16.7 Å². The van der Waals surface area contributed by atoms with Gasteiger partial charge in [0.25, 0.3) is 0 Å². The van der Waals surface area contributed by atoms with Gasteiger partial charge in [0.2, 0.25) is 0 Å². The molecule has 3 nitrogen and oxygen atoms in total. The van der Waals surface area contributed by atoms with E-state index in [1.165, 1.54) is 12.1 Å². The molecule has 0 aliphatic carbocycles. The van der Waals surface area contributed by atoms with Gasteiger partial charge in [0.15, 0.2) is 0 Å². The highest BCUT2D eigenvalue weighted by atomic mass is 19.1. The van der Waals surface area contributed by atoms with Crippen molar-refractivity contribution in [3.05, 3.63) is 71.9 Å². The molecule has 0 bridgehead atoms. The summed E-state index contributed by atoms with van der Waals surface area (Å²) in [5.74, 6) is 0.0765. The molecule has 1 aliphatic heterocycles. The predicted molar refractivity (Wildman–Crippen MR) is 89.7 cm³/mol. The molecule has 1 aromatic heterocycles. The molecule has 1 saturated heterocycles. The Kier molecular flexibility index (Phi) is 3.76. The van der Waals surface area contributed by atoms with Crippen LogP contribution in [0.4, 0.5) is 14.6 Å². The zero-order valence-corrected chi connectivity index (χ0v) is 13.0. The number of H-pyrrole nitrogens is 1. The molecule has 24 heavy (non-hydrogen) atoms. The fourth-order valence-electron chi connectivity index (χ4n) is 3.45. The summed E-state index contributed by atoms with van der Waals surface area (Å²) in [5.41, 5.74) is 2.42. The third-order valence-electron chi connectivity index (χ3n) is 4.56. The van der Waals surface area contributed by atoms with Crippen molar-refractivity contribution < 1.29 is 8.78 Å². The van der Waals surface area contributed by atoms with Crippen LogP contribution in [0.1, 0.15) is 24.4 Å². The van der Waals surface area contributed by atoms with Gasteiger partial charge >= 0.3 is 0 Å². The summed E-state index contributed by atoms with van der Waals surface area (Å²) in [4.78, 5) is 2.09. The number of anilines is 1. The van der Waals surface area contributed by atoms with Crippen molar-refractivity contribution in [1.29, 1.82) is 0 Å². The second-order valence-corrected chi connectivity index (χ2v) is 6.02. The highest BCUT2D eigenvalue weighted by Gasteiger charge is 2.31. The predicted octanol–water partition coefficient (Wildman–Crippen LogP) is 4.70. The van der Waals surface area contributed by atoms with Gasteiger partial charge in [-0.2, -0.15) is 5.10 Å². The number of aromatic nitrogens is 2. The van der Waals surface area contributed by atoms with Crippen molar-refractivity contribution in [2.75, 3.05) is 11.4 Å². The summed E-state index contributed by atoms with van der Waals surface area (Å²) in [6.07, 6.45) is 3.49. The lowest BCUT2D eigenvalue weighted by Crippen LogP contribution is -2.24. The van der Waals surface area contributed by atoms with E-state index < -0.39 is 5.82 Å². The van der Waals surface area contributed by atoms with Crippen LogP contribution < -0.4 is 4.90 Å². The Bertz CT molecular complexity index is 845. The normalized spacial score (nSPS) is 17.4. The maximum Gasteiger partial charge on any atom is 0.132 e. The Morgan fingerprint density at radius 3 is 2.75 bits per heavy atom. The van der Waals surface area contributed by atoms with Gasteiger partial charge in [-0.3, -0.25) is 5.10 Å². The number of nitrogens with zero attached hydrogens (tertiary/aromatic N) is 2. The van der Waals surface area contributed by atoms with Gasteiger partial charge in [-0.25, -0.2) is 8.78 Å². The molecule has 3 aromatic rings. The van der Waals surface area contributed by atoms with Gasteiger partial charge in [0, 0.05) is 17.7 Å². The van der Waals surface area contributed by atoms with E-state index >= 15 is 0 Å². The van der Waals surface area contributed by atoms with Crippen LogP contribution in [-0.2, 0) is 0 Å². The highest BCUT2D eigenvalue weighted by Crippen LogP contribution is 2.40. The summed E-state index contributed by atoms with van der Waals surface area (Å²) in [6.45, 7) is 0.780. The first-order chi connectivity index (χ1) is 11.7. The summed E-state index contributed by atoms with van der Waals surface area (Å²) in [6, 6.07) is 13.4. The topological polar surface area (TPSA) is 31.9 Å². The number of hydrogen-bond acceptors (Lipinski definition) is 2. The van der Waals surface area contributed by atoms with E-state index in [2.05, 4.69) is 15.1 Å². The second kappa shape index (κ2) is 6.07. The lowest BCUT2D eigenvalue weighted by atomic mass is 10.0. The fraction of sp³-hybridized carbons (Fsp3) is 0.211. The minimum atomic E-state index is -0.411.